The van der Waals surface area contributed by atoms with E-state index in [1.54, 1.807) is 0 Å². The van der Waals surface area contributed by atoms with Crippen LogP contribution >= 0.6 is 0 Å². The molecule has 0 aromatic rings. The zero-order valence-corrected chi connectivity index (χ0v) is 6.99. The van der Waals surface area contributed by atoms with Crippen LogP contribution in [0.2, 0.25) is 0 Å². The summed E-state index contributed by atoms with van der Waals surface area (Å²) in [6.07, 6.45) is 0. The third-order valence-electron chi connectivity index (χ3n) is 0. The molecule has 0 saturated heterocycles. The molecule has 0 saturated carbocycles. The molecule has 0 amide bonds. The molecule has 0 heterocycles. The van der Waals surface area contributed by atoms with Crippen LogP contribution in [0.5, 0.6) is 0 Å². The van der Waals surface area contributed by atoms with Crippen LogP contribution in [0, 0.1) is 0 Å². The molecule has 4 heteroatoms. The minimum atomic E-state index is 0. The molecule has 0 bridgehead atoms. The van der Waals surface area contributed by atoms with Gasteiger partial charge in [-0.05, 0) is 0 Å². The van der Waals surface area contributed by atoms with Gasteiger partial charge in [0.1, 0.15) is 0 Å². The molecule has 0 atom stereocenters. The topological polar surface area (TPSA) is 0 Å². The Hall–Kier alpha value is 2.09. The second-order valence-electron chi connectivity index (χ2n) is 0. The van der Waals surface area contributed by atoms with Gasteiger partial charge in [0.25, 0.3) is 0 Å². The molecule has 0 N–H and O–H groups in total. The van der Waals surface area contributed by atoms with E-state index in [1.807, 2.05) is 0 Å². The third kappa shape index (κ3) is 8.94. The summed E-state index contributed by atoms with van der Waals surface area (Å²) < 4.78 is 0. The predicted octanol–water partition coefficient (Wildman–Crippen LogP) is -0.388. The zero-order valence-electron chi connectivity index (χ0n) is 1.56. The van der Waals surface area contributed by atoms with Crippen molar-refractivity contribution < 1.29 is 50.9 Å². The molecule has 0 aromatic heterocycles. The van der Waals surface area contributed by atoms with Crippen LogP contribution in [0.1, 0.15) is 0 Å². The van der Waals surface area contributed by atoms with Crippen molar-refractivity contribution in [3.05, 3.63) is 0 Å². The second-order valence-corrected chi connectivity index (χ2v) is 0. The van der Waals surface area contributed by atoms with Gasteiger partial charge in [0.2, 0.25) is 0 Å². The maximum Gasteiger partial charge on any atom is 0 e. The largest absolute Gasteiger partial charge is 0 e. The first-order valence-corrected chi connectivity index (χ1v) is 0. The van der Waals surface area contributed by atoms with Gasteiger partial charge in [-0.2, -0.15) is 0 Å². The molecular formula is CoFeGeMn. The van der Waals surface area contributed by atoms with E-state index in [1.165, 1.54) is 0 Å². The Morgan fingerprint density at radius 1 is 1.00 bits per heavy atom. The monoisotopic (exact) mass is 244 g/mol. The van der Waals surface area contributed by atoms with Gasteiger partial charge < -0.3 is 0 Å². The van der Waals surface area contributed by atoms with Crippen molar-refractivity contribution in [1.29, 1.82) is 0 Å². The predicted molar refractivity (Wildman–Crippen MR) is 5.75 cm³/mol. The van der Waals surface area contributed by atoms with Crippen LogP contribution in [-0.2, 0) is 50.9 Å². The smallest absolute Gasteiger partial charge is 0 e. The molecule has 0 fully saturated rings. The molecule has 0 aliphatic rings. The van der Waals surface area contributed by atoms with Gasteiger partial charge in [-0.15, -0.1) is 0 Å². The molecule has 0 nitrogen and oxygen atoms in total. The van der Waals surface area contributed by atoms with E-state index in [4.69, 9.17) is 0 Å². The summed E-state index contributed by atoms with van der Waals surface area (Å²) in [4.78, 5) is 0. The number of hydrogen-bond acceptors (Lipinski definition) is 0. The minimum Gasteiger partial charge on any atom is 0 e. The van der Waals surface area contributed by atoms with Crippen LogP contribution in [0.15, 0.2) is 0 Å². The fraction of sp³-hybridized carbons (Fsp3) is 0. The van der Waals surface area contributed by atoms with Crippen LogP contribution < -0.4 is 0 Å². The first-order chi connectivity index (χ1) is 0. The summed E-state index contributed by atoms with van der Waals surface area (Å²) in [7, 11) is 0. The Labute approximate surface area is 68.0 Å². The second kappa shape index (κ2) is 19.5. The SMILES string of the molecule is [Co].[Fe].[Ge].[Mn]. The molecule has 0 aliphatic carbocycles. The van der Waals surface area contributed by atoms with E-state index >= 15 is 0 Å². The maximum atomic E-state index is 0. The quantitative estimate of drug-likeness (QED) is 0.508. The Morgan fingerprint density at radius 2 is 1.00 bits per heavy atom. The Bertz CT molecular complexity index is 8.00. The fourth-order valence-corrected chi connectivity index (χ4v) is 0. The molecule has 4 heavy (non-hydrogen) atoms. The van der Waals surface area contributed by atoms with E-state index in [9.17, 15) is 0 Å². The van der Waals surface area contributed by atoms with Crippen LogP contribution in [0.25, 0.3) is 0 Å². The van der Waals surface area contributed by atoms with Gasteiger partial charge in [-0.3, -0.25) is 0 Å². The third-order valence-corrected chi connectivity index (χ3v) is 0. The molecule has 0 rings (SSSR count). The summed E-state index contributed by atoms with van der Waals surface area (Å²) in [5, 5.41) is 0. The Morgan fingerprint density at radius 3 is 1.00 bits per heavy atom. The van der Waals surface area contributed by atoms with Gasteiger partial charge in [0, 0.05) is 68.5 Å². The van der Waals surface area contributed by atoms with Crippen LogP contribution in [0.3, 0.4) is 0 Å². The average molecular weight is 242 g/mol. The molecular weight excluding hydrogens is 242 g/mol. The van der Waals surface area contributed by atoms with Gasteiger partial charge >= 0.3 is 0 Å². The molecule has 0 aromatic carbocycles. The standard InChI is InChI=1S/Co.Fe.Ge.Mn. The molecule has 0 aliphatic heterocycles. The molecule has 6 radical (unpaired) electrons. The van der Waals surface area contributed by atoms with E-state index in [-0.39, 0.29) is 68.5 Å². The van der Waals surface area contributed by atoms with Crippen molar-refractivity contribution in [1.82, 2.24) is 0 Å². The number of hydrogen-bond donors (Lipinski definition) is 0. The minimum absolute atomic E-state index is 0. The van der Waals surface area contributed by atoms with Crippen molar-refractivity contribution >= 4 is 17.6 Å². The van der Waals surface area contributed by atoms with Gasteiger partial charge in [0.15, 0.2) is 0 Å². The van der Waals surface area contributed by atoms with Crippen LogP contribution in [-0.4, -0.2) is 17.6 Å². The normalized spacial score (nSPS) is 0. The van der Waals surface area contributed by atoms with Crippen molar-refractivity contribution in [3.8, 4) is 0 Å². The summed E-state index contributed by atoms with van der Waals surface area (Å²) in [5.41, 5.74) is 0. The average Bonchev–Trinajstić information content (AvgIpc) is 0. The van der Waals surface area contributed by atoms with E-state index in [2.05, 4.69) is 0 Å². The van der Waals surface area contributed by atoms with E-state index < -0.39 is 0 Å². The van der Waals surface area contributed by atoms with Crippen molar-refractivity contribution in [2.75, 3.05) is 0 Å². The molecule has 0 spiro atoms. The first kappa shape index (κ1) is 36.1. The van der Waals surface area contributed by atoms with Crippen molar-refractivity contribution in [3.63, 3.8) is 0 Å². The summed E-state index contributed by atoms with van der Waals surface area (Å²) in [5.74, 6) is 0. The molecule has 0 unspecified atom stereocenters. The van der Waals surface area contributed by atoms with E-state index in [0.717, 1.165) is 0 Å². The van der Waals surface area contributed by atoms with Gasteiger partial charge in [-0.1, -0.05) is 0 Å². The van der Waals surface area contributed by atoms with E-state index in [0.29, 0.717) is 0 Å². The molecule has 28 valence electrons. The maximum absolute atomic E-state index is 0. The van der Waals surface area contributed by atoms with Crippen molar-refractivity contribution in [2.45, 2.75) is 0 Å². The van der Waals surface area contributed by atoms with Crippen LogP contribution in [0.4, 0.5) is 0 Å². The summed E-state index contributed by atoms with van der Waals surface area (Å²) >= 11 is 0. The van der Waals surface area contributed by atoms with Crippen molar-refractivity contribution in [2.24, 2.45) is 0 Å². The zero-order chi connectivity index (χ0) is 0. The Balaban J connectivity index is 0. The van der Waals surface area contributed by atoms with Gasteiger partial charge in [-0.25, -0.2) is 0 Å². The summed E-state index contributed by atoms with van der Waals surface area (Å²) in [6.45, 7) is 0. The van der Waals surface area contributed by atoms with Gasteiger partial charge in [0.05, 0.1) is 0 Å². The Kier molecular flexibility index (Phi) is 176. The summed E-state index contributed by atoms with van der Waals surface area (Å²) in [6, 6.07) is 0. The number of rotatable bonds is 0. The first-order valence-electron chi connectivity index (χ1n) is 0. The fourth-order valence-electron chi connectivity index (χ4n) is 0.